The standard InChI is InChI=1S/C53H36N2S3/c1-53(30-29-48-43(33-53)39-22-11-12-25-46(39)56-48)55(37-19-6-3-7-20-37)44-28-27-41-42-31-34-15-8-9-16-35(34)32-49(42)58-52(41)50(44)54(36-17-4-2-5-18-36)45-24-14-23-40-38-21-10-13-26-47(38)57-51(40)45/h2-32H,33H2,1H3. The van der Waals surface area contributed by atoms with Gasteiger partial charge in [-0.2, -0.15) is 0 Å². The predicted molar refractivity (Wildman–Crippen MR) is 256 cm³/mol. The second-order valence-electron chi connectivity index (χ2n) is 15.5. The Bertz CT molecular complexity index is 3410. The highest BCUT2D eigenvalue weighted by Crippen LogP contribution is 2.55. The highest BCUT2D eigenvalue weighted by atomic mass is 32.1. The lowest BCUT2D eigenvalue weighted by atomic mass is 9.84. The van der Waals surface area contributed by atoms with Crippen LogP contribution in [0.3, 0.4) is 0 Å². The van der Waals surface area contributed by atoms with Crippen molar-refractivity contribution in [1.82, 2.24) is 0 Å². The first-order valence-electron chi connectivity index (χ1n) is 19.8. The number of hydrogen-bond acceptors (Lipinski definition) is 5. The molecule has 0 spiro atoms. The summed E-state index contributed by atoms with van der Waals surface area (Å²) >= 11 is 5.71. The average molecular weight is 797 g/mol. The van der Waals surface area contributed by atoms with E-state index in [2.05, 4.69) is 205 Å². The molecule has 0 radical (unpaired) electrons. The molecule has 0 N–H and O–H groups in total. The van der Waals surface area contributed by atoms with Crippen LogP contribution in [0, 0.1) is 0 Å². The van der Waals surface area contributed by atoms with Crippen molar-refractivity contribution in [3.8, 4) is 0 Å². The molecule has 8 aromatic carbocycles. The van der Waals surface area contributed by atoms with Gasteiger partial charge in [-0.3, -0.25) is 0 Å². The van der Waals surface area contributed by atoms with Crippen molar-refractivity contribution < 1.29 is 0 Å². The molecule has 0 bridgehead atoms. The minimum atomic E-state index is -0.391. The summed E-state index contributed by atoms with van der Waals surface area (Å²) in [7, 11) is 0. The van der Waals surface area contributed by atoms with Crippen LogP contribution in [0.25, 0.3) is 67.3 Å². The Hall–Kier alpha value is -6.24. The first-order valence-corrected chi connectivity index (χ1v) is 22.2. The van der Waals surface area contributed by atoms with Gasteiger partial charge in [0.25, 0.3) is 0 Å². The van der Waals surface area contributed by atoms with Crippen LogP contribution in [0.15, 0.2) is 182 Å². The third-order valence-corrected chi connectivity index (χ3v) is 15.5. The number of nitrogens with zero attached hydrogens (tertiary/aromatic N) is 2. The molecule has 3 aromatic heterocycles. The average Bonchev–Trinajstić information content (AvgIpc) is 3.95. The van der Waals surface area contributed by atoms with Crippen molar-refractivity contribution in [3.05, 3.63) is 192 Å². The van der Waals surface area contributed by atoms with Crippen LogP contribution in [0.1, 0.15) is 17.4 Å². The molecule has 0 amide bonds. The number of fused-ring (bicyclic) bond motifs is 10. The molecular weight excluding hydrogens is 761 g/mol. The van der Waals surface area contributed by atoms with E-state index >= 15 is 0 Å². The summed E-state index contributed by atoms with van der Waals surface area (Å²) in [5.74, 6) is 0. The van der Waals surface area contributed by atoms with E-state index in [1.165, 1.54) is 88.7 Å². The number of anilines is 5. The highest BCUT2D eigenvalue weighted by Gasteiger charge is 2.38. The van der Waals surface area contributed by atoms with Gasteiger partial charge in [-0.25, -0.2) is 0 Å². The van der Waals surface area contributed by atoms with E-state index in [0.717, 1.165) is 17.8 Å². The van der Waals surface area contributed by atoms with Crippen molar-refractivity contribution in [2.45, 2.75) is 18.9 Å². The van der Waals surface area contributed by atoms with Gasteiger partial charge in [0.2, 0.25) is 0 Å². The maximum Gasteiger partial charge on any atom is 0.0880 e. The molecule has 58 heavy (non-hydrogen) atoms. The van der Waals surface area contributed by atoms with Gasteiger partial charge in [0.15, 0.2) is 0 Å². The molecule has 276 valence electrons. The lowest BCUT2D eigenvalue weighted by molar-refractivity contribution is 0.563. The third kappa shape index (κ3) is 5.21. The van der Waals surface area contributed by atoms with Gasteiger partial charge in [-0.05, 0) is 95.4 Å². The first kappa shape index (κ1) is 33.9. The van der Waals surface area contributed by atoms with Crippen LogP contribution >= 0.6 is 34.0 Å². The highest BCUT2D eigenvalue weighted by molar-refractivity contribution is 7.27. The number of hydrogen-bond donors (Lipinski definition) is 0. The van der Waals surface area contributed by atoms with Gasteiger partial charge in [-0.1, -0.05) is 121 Å². The Kier molecular flexibility index (Phi) is 7.68. The fourth-order valence-corrected chi connectivity index (χ4v) is 12.9. The number of para-hydroxylation sites is 2. The van der Waals surface area contributed by atoms with Crippen molar-refractivity contribution in [2.75, 3.05) is 9.80 Å². The monoisotopic (exact) mass is 796 g/mol. The Balaban J connectivity index is 1.20. The van der Waals surface area contributed by atoms with Gasteiger partial charge in [-0.15, -0.1) is 34.0 Å². The lowest BCUT2D eigenvalue weighted by Gasteiger charge is -2.44. The summed E-state index contributed by atoms with van der Waals surface area (Å²) in [6.45, 7) is 2.43. The van der Waals surface area contributed by atoms with Crippen molar-refractivity contribution in [2.24, 2.45) is 0 Å². The van der Waals surface area contributed by atoms with Crippen molar-refractivity contribution >= 4 is 130 Å². The zero-order valence-electron chi connectivity index (χ0n) is 31.7. The summed E-state index contributed by atoms with van der Waals surface area (Å²) in [5, 5.41) is 9.05. The van der Waals surface area contributed by atoms with Gasteiger partial charge >= 0.3 is 0 Å². The molecule has 0 saturated heterocycles. The summed E-state index contributed by atoms with van der Waals surface area (Å²) in [4.78, 5) is 6.57. The van der Waals surface area contributed by atoms with Crippen LogP contribution in [-0.2, 0) is 6.42 Å². The Labute approximate surface area is 348 Å². The molecule has 0 aliphatic heterocycles. The molecule has 1 atom stereocenters. The maximum absolute atomic E-state index is 2.63. The van der Waals surface area contributed by atoms with Crippen molar-refractivity contribution in [1.29, 1.82) is 0 Å². The SMILES string of the molecule is CC1(N(c2ccccc2)c2ccc3c(sc4cc5ccccc5cc43)c2N(c2ccccc2)c2cccc3c2sc2ccccc23)C=Cc2sc3ccccc3c2C1. The largest absolute Gasteiger partial charge is 0.330 e. The molecule has 5 heteroatoms. The van der Waals surface area contributed by atoms with E-state index in [9.17, 15) is 0 Å². The second-order valence-corrected chi connectivity index (χ2v) is 18.7. The van der Waals surface area contributed by atoms with E-state index in [1.54, 1.807) is 0 Å². The minimum absolute atomic E-state index is 0.391. The third-order valence-electron chi connectivity index (χ3n) is 11.9. The molecule has 1 aliphatic rings. The van der Waals surface area contributed by atoms with Crippen LogP contribution in [0.2, 0.25) is 0 Å². The Morgan fingerprint density at radius 2 is 1.09 bits per heavy atom. The Morgan fingerprint density at radius 1 is 0.466 bits per heavy atom. The number of rotatable bonds is 6. The molecule has 1 unspecified atom stereocenters. The topological polar surface area (TPSA) is 6.48 Å². The zero-order valence-corrected chi connectivity index (χ0v) is 34.2. The summed E-state index contributed by atoms with van der Waals surface area (Å²) < 4.78 is 6.50. The summed E-state index contributed by atoms with van der Waals surface area (Å²) in [6.07, 6.45) is 5.72. The minimum Gasteiger partial charge on any atom is -0.330 e. The smallest absolute Gasteiger partial charge is 0.0880 e. The summed E-state index contributed by atoms with van der Waals surface area (Å²) in [6, 6.07) is 65.1. The molecule has 2 nitrogen and oxygen atoms in total. The van der Waals surface area contributed by atoms with Crippen LogP contribution < -0.4 is 9.80 Å². The van der Waals surface area contributed by atoms with E-state index in [-0.39, 0.29) is 0 Å². The van der Waals surface area contributed by atoms with Crippen LogP contribution in [-0.4, -0.2) is 5.54 Å². The first-order chi connectivity index (χ1) is 28.6. The summed E-state index contributed by atoms with van der Waals surface area (Å²) in [5.41, 5.74) is 6.89. The Morgan fingerprint density at radius 3 is 1.88 bits per heavy atom. The van der Waals surface area contributed by atoms with Gasteiger partial charge in [0.05, 0.1) is 32.0 Å². The fraction of sp³-hybridized carbons (Fsp3) is 0.0566. The number of benzene rings is 8. The van der Waals surface area contributed by atoms with E-state index < -0.39 is 5.54 Å². The lowest BCUT2D eigenvalue weighted by Crippen LogP contribution is -2.45. The normalized spacial score (nSPS) is 15.3. The molecule has 11 aromatic rings. The molecule has 3 heterocycles. The van der Waals surface area contributed by atoms with Crippen LogP contribution in [0.5, 0.6) is 0 Å². The second kappa shape index (κ2) is 13.2. The zero-order chi connectivity index (χ0) is 38.4. The quantitative estimate of drug-likeness (QED) is 0.165. The van der Waals surface area contributed by atoms with E-state index in [4.69, 9.17) is 0 Å². The predicted octanol–water partition coefficient (Wildman–Crippen LogP) is 16.4. The van der Waals surface area contributed by atoms with Gasteiger partial charge in [0.1, 0.15) is 0 Å². The van der Waals surface area contributed by atoms with Gasteiger partial charge in [0, 0.05) is 58.3 Å². The van der Waals surface area contributed by atoms with Crippen LogP contribution in [0.4, 0.5) is 28.4 Å². The molecule has 0 fully saturated rings. The van der Waals surface area contributed by atoms with Crippen molar-refractivity contribution in [3.63, 3.8) is 0 Å². The maximum atomic E-state index is 2.63. The molecular formula is C53H36N2S3. The molecule has 1 aliphatic carbocycles. The van der Waals surface area contributed by atoms with Gasteiger partial charge < -0.3 is 9.80 Å². The van der Waals surface area contributed by atoms with E-state index in [0.29, 0.717) is 0 Å². The fourth-order valence-electron chi connectivity index (χ4n) is 9.32. The van der Waals surface area contributed by atoms with E-state index in [1.807, 2.05) is 34.0 Å². The number of thiophene rings is 3. The molecule has 12 rings (SSSR count). The molecule has 0 saturated carbocycles.